The first-order valence-corrected chi connectivity index (χ1v) is 9.98. The maximum atomic E-state index is 13.5. The molecule has 7 atom stereocenters. The minimum absolute atomic E-state index is 0.103. The Kier molecular flexibility index (Phi) is 4.98. The summed E-state index contributed by atoms with van der Waals surface area (Å²) in [5.74, 6) is 0.673. The Bertz CT molecular complexity index is 613. The molecule has 3 aliphatic rings. The highest BCUT2D eigenvalue weighted by atomic mass is 16.7. The summed E-state index contributed by atoms with van der Waals surface area (Å²) in [4.78, 5) is 26.6. The van der Waals surface area contributed by atoms with Crippen LogP contribution in [0.1, 0.15) is 59.8 Å². The quantitative estimate of drug-likeness (QED) is 0.556. The lowest BCUT2D eigenvalue weighted by molar-refractivity contribution is -0.202. The molecule has 0 spiro atoms. The molecule has 0 aliphatic heterocycles. The van der Waals surface area contributed by atoms with Crippen molar-refractivity contribution in [3.8, 4) is 0 Å². The number of hydrogen-bond acceptors (Lipinski definition) is 4. The highest BCUT2D eigenvalue weighted by Gasteiger charge is 2.67. The SMILES string of the molecule is C=C[C@]1(C)C[C@@H](OCOC)C2(C)C(C)CCC3(CCC(=O)[C@H]32)[C@@H](C)C1=O. The average Bonchev–Trinajstić information content (AvgIpc) is 2.98. The van der Waals surface area contributed by atoms with Crippen LogP contribution in [0, 0.1) is 34.0 Å². The molecule has 3 aliphatic carbocycles. The number of Topliss-reactive ketones (excluding diaryl/α,β-unsaturated/α-hetero) is 2. The molecule has 0 radical (unpaired) electrons. The Morgan fingerprint density at radius 1 is 1.23 bits per heavy atom. The van der Waals surface area contributed by atoms with E-state index in [0.717, 1.165) is 19.3 Å². The van der Waals surface area contributed by atoms with Gasteiger partial charge in [0.15, 0.2) is 0 Å². The fourth-order valence-electron chi connectivity index (χ4n) is 6.50. The number of carbonyl (C=O) groups is 2. The van der Waals surface area contributed by atoms with Gasteiger partial charge in [0.25, 0.3) is 0 Å². The van der Waals surface area contributed by atoms with Crippen LogP contribution in [0.25, 0.3) is 0 Å². The molecule has 0 heterocycles. The summed E-state index contributed by atoms with van der Waals surface area (Å²) in [6.07, 6.45) is 5.56. The van der Waals surface area contributed by atoms with Crippen molar-refractivity contribution >= 4 is 11.6 Å². The minimum Gasteiger partial charge on any atom is -0.359 e. The molecular weight excluding hydrogens is 328 g/mol. The maximum Gasteiger partial charge on any atom is 0.146 e. The lowest BCUT2D eigenvalue weighted by atomic mass is 9.44. The number of methoxy groups -OCH3 is 1. The highest BCUT2D eigenvalue weighted by molar-refractivity contribution is 5.92. The van der Waals surface area contributed by atoms with E-state index in [1.165, 1.54) is 0 Å². The van der Waals surface area contributed by atoms with Crippen LogP contribution in [0.5, 0.6) is 0 Å². The van der Waals surface area contributed by atoms with Gasteiger partial charge in [-0.05, 0) is 43.9 Å². The van der Waals surface area contributed by atoms with Crippen molar-refractivity contribution in [2.75, 3.05) is 13.9 Å². The van der Waals surface area contributed by atoms with Gasteiger partial charge in [-0.1, -0.05) is 26.8 Å². The largest absolute Gasteiger partial charge is 0.359 e. The first-order chi connectivity index (χ1) is 12.2. The van der Waals surface area contributed by atoms with Gasteiger partial charge >= 0.3 is 0 Å². The number of hydrogen-bond donors (Lipinski definition) is 0. The zero-order chi connectivity index (χ0) is 19.3. The van der Waals surface area contributed by atoms with Gasteiger partial charge in [0, 0.05) is 36.2 Å². The van der Waals surface area contributed by atoms with Crippen molar-refractivity contribution in [1.82, 2.24) is 0 Å². The molecule has 0 N–H and O–H groups in total. The highest BCUT2D eigenvalue weighted by Crippen LogP contribution is 2.67. The van der Waals surface area contributed by atoms with Crippen molar-refractivity contribution in [2.24, 2.45) is 34.0 Å². The summed E-state index contributed by atoms with van der Waals surface area (Å²) in [7, 11) is 1.61. The minimum atomic E-state index is -0.639. The third-order valence-electron chi connectivity index (χ3n) is 8.42. The van der Waals surface area contributed by atoms with Gasteiger partial charge in [-0.3, -0.25) is 9.59 Å². The Morgan fingerprint density at radius 3 is 2.54 bits per heavy atom. The zero-order valence-electron chi connectivity index (χ0n) is 17.0. The number of rotatable bonds is 4. The van der Waals surface area contributed by atoms with Gasteiger partial charge in [0.2, 0.25) is 0 Å². The second-order valence-electron chi connectivity index (χ2n) is 9.41. The molecule has 0 saturated heterocycles. The molecule has 3 rings (SSSR count). The molecular formula is C22H34O4. The first kappa shape index (κ1) is 19.8. The first-order valence-electron chi connectivity index (χ1n) is 9.98. The molecule has 0 aromatic rings. The van der Waals surface area contributed by atoms with Crippen LogP contribution in [0.15, 0.2) is 12.7 Å². The van der Waals surface area contributed by atoms with E-state index in [1.54, 1.807) is 13.2 Å². The summed E-state index contributed by atoms with van der Waals surface area (Å²) in [6, 6.07) is 0. The molecule has 0 amide bonds. The predicted octanol–water partition coefficient (Wildman–Crippen LogP) is 4.18. The van der Waals surface area contributed by atoms with Crippen molar-refractivity contribution in [3.63, 3.8) is 0 Å². The average molecular weight is 363 g/mol. The van der Waals surface area contributed by atoms with Crippen molar-refractivity contribution in [2.45, 2.75) is 65.9 Å². The second-order valence-corrected chi connectivity index (χ2v) is 9.41. The summed E-state index contributed by atoms with van der Waals surface area (Å²) in [5.41, 5.74) is -1.15. The van der Waals surface area contributed by atoms with E-state index >= 15 is 0 Å². The monoisotopic (exact) mass is 362 g/mol. The fourth-order valence-corrected chi connectivity index (χ4v) is 6.50. The van der Waals surface area contributed by atoms with Crippen molar-refractivity contribution in [1.29, 1.82) is 0 Å². The van der Waals surface area contributed by atoms with Gasteiger partial charge in [0.05, 0.1) is 6.10 Å². The summed E-state index contributed by atoms with van der Waals surface area (Å²) >= 11 is 0. The molecule has 2 bridgehead atoms. The van der Waals surface area contributed by atoms with Crippen LogP contribution in [0.2, 0.25) is 0 Å². The van der Waals surface area contributed by atoms with Crippen LogP contribution in [-0.4, -0.2) is 31.6 Å². The van der Waals surface area contributed by atoms with Crippen LogP contribution >= 0.6 is 0 Å². The van der Waals surface area contributed by atoms with E-state index < -0.39 is 5.41 Å². The van der Waals surface area contributed by atoms with E-state index in [-0.39, 0.29) is 41.3 Å². The molecule has 26 heavy (non-hydrogen) atoms. The molecule has 4 nitrogen and oxygen atoms in total. The third-order valence-corrected chi connectivity index (χ3v) is 8.42. The Morgan fingerprint density at radius 2 is 1.92 bits per heavy atom. The van der Waals surface area contributed by atoms with E-state index in [4.69, 9.17) is 9.47 Å². The number of ketones is 2. The maximum absolute atomic E-state index is 13.5. The molecule has 3 saturated carbocycles. The van der Waals surface area contributed by atoms with Gasteiger partial charge in [0.1, 0.15) is 18.4 Å². The Hall–Kier alpha value is -1.00. The lowest BCUT2D eigenvalue weighted by Crippen LogP contribution is -2.62. The topological polar surface area (TPSA) is 52.6 Å². The van der Waals surface area contributed by atoms with E-state index in [2.05, 4.69) is 27.4 Å². The zero-order valence-corrected chi connectivity index (χ0v) is 17.0. The number of carbonyl (C=O) groups excluding carboxylic acids is 2. The van der Waals surface area contributed by atoms with Gasteiger partial charge in [-0.2, -0.15) is 0 Å². The van der Waals surface area contributed by atoms with Crippen LogP contribution in [-0.2, 0) is 19.1 Å². The molecule has 3 unspecified atom stereocenters. The molecule has 0 aromatic heterocycles. The third kappa shape index (κ3) is 2.48. The Balaban J connectivity index is 2.20. The standard InChI is InChI=1S/C22H34O4/c1-7-20(4)12-17(26-13-25-6)21(5)14(2)8-10-22(15(3)19(20)24)11-9-16(23)18(21)22/h7,14-15,17-18H,1,8-13H2,2-6H3/t14?,15-,17+,18-,20+,21?,22?/m0/s1. The predicted molar refractivity (Wildman–Crippen MR) is 101 cm³/mol. The smallest absolute Gasteiger partial charge is 0.146 e. The summed E-state index contributed by atoms with van der Waals surface area (Å²) in [5, 5.41) is 0. The molecule has 0 aromatic carbocycles. The van der Waals surface area contributed by atoms with Gasteiger partial charge < -0.3 is 9.47 Å². The van der Waals surface area contributed by atoms with E-state index in [1.807, 2.05) is 6.92 Å². The molecule has 3 fully saturated rings. The normalized spacial score (nSPS) is 48.7. The van der Waals surface area contributed by atoms with E-state index in [0.29, 0.717) is 24.5 Å². The summed E-state index contributed by atoms with van der Waals surface area (Å²) in [6.45, 7) is 12.7. The van der Waals surface area contributed by atoms with Crippen molar-refractivity contribution < 1.29 is 19.1 Å². The van der Waals surface area contributed by atoms with Crippen LogP contribution in [0.3, 0.4) is 0 Å². The number of allylic oxidation sites excluding steroid dienone is 1. The van der Waals surface area contributed by atoms with Gasteiger partial charge in [-0.15, -0.1) is 6.58 Å². The summed E-state index contributed by atoms with van der Waals surface area (Å²) < 4.78 is 11.4. The van der Waals surface area contributed by atoms with Crippen LogP contribution < -0.4 is 0 Å². The van der Waals surface area contributed by atoms with Crippen molar-refractivity contribution in [3.05, 3.63) is 12.7 Å². The second kappa shape index (κ2) is 6.56. The lowest BCUT2D eigenvalue weighted by Gasteiger charge is -2.60. The Labute approximate surface area is 157 Å². The number of ether oxygens (including phenoxy) is 2. The van der Waals surface area contributed by atoms with Gasteiger partial charge in [-0.25, -0.2) is 0 Å². The van der Waals surface area contributed by atoms with E-state index in [9.17, 15) is 9.59 Å². The molecule has 146 valence electrons. The van der Waals surface area contributed by atoms with Crippen LogP contribution in [0.4, 0.5) is 0 Å². The fraction of sp³-hybridized carbons (Fsp3) is 0.818. The molecule has 4 heteroatoms.